The van der Waals surface area contributed by atoms with Crippen molar-refractivity contribution in [2.45, 2.75) is 38.8 Å². The van der Waals surface area contributed by atoms with Gasteiger partial charge in [0.15, 0.2) is 0 Å². The Morgan fingerprint density at radius 2 is 2.21 bits per heavy atom. The first-order chi connectivity index (χ1) is 8.93. The molecule has 3 N–H and O–H groups in total. The molecule has 19 heavy (non-hydrogen) atoms. The number of hydrogen-bond acceptors (Lipinski definition) is 4. The van der Waals surface area contributed by atoms with Gasteiger partial charge in [0, 0.05) is 32.1 Å². The lowest BCUT2D eigenvalue weighted by Crippen LogP contribution is -2.56. The van der Waals surface area contributed by atoms with Crippen molar-refractivity contribution in [1.82, 2.24) is 10.2 Å². The highest BCUT2D eigenvalue weighted by atomic mass is 16.5. The van der Waals surface area contributed by atoms with Gasteiger partial charge in [-0.2, -0.15) is 0 Å². The predicted molar refractivity (Wildman–Crippen MR) is 70.3 cm³/mol. The lowest BCUT2D eigenvalue weighted by molar-refractivity contribution is -0.143. The summed E-state index contributed by atoms with van der Waals surface area (Å²) >= 11 is 0. The summed E-state index contributed by atoms with van der Waals surface area (Å²) in [5.74, 6) is -0.000959. The molecule has 2 aliphatic heterocycles. The number of rotatable bonds is 2. The van der Waals surface area contributed by atoms with Crippen LogP contribution in [-0.2, 0) is 14.3 Å². The van der Waals surface area contributed by atoms with Gasteiger partial charge in [-0.05, 0) is 19.8 Å². The van der Waals surface area contributed by atoms with E-state index in [0.717, 1.165) is 19.4 Å². The number of amides is 2. The van der Waals surface area contributed by atoms with E-state index in [-0.39, 0.29) is 23.9 Å². The van der Waals surface area contributed by atoms with Crippen molar-refractivity contribution in [2.24, 2.45) is 11.1 Å². The summed E-state index contributed by atoms with van der Waals surface area (Å²) in [6.07, 6.45) is 1.82. The molecule has 0 spiro atoms. The van der Waals surface area contributed by atoms with Crippen molar-refractivity contribution in [3.8, 4) is 0 Å². The first kappa shape index (κ1) is 14.3. The van der Waals surface area contributed by atoms with Crippen LogP contribution in [0.4, 0.5) is 0 Å². The fraction of sp³-hybridized carbons (Fsp3) is 0.846. The largest absolute Gasteiger partial charge is 0.379 e. The van der Waals surface area contributed by atoms with E-state index in [4.69, 9.17) is 10.5 Å². The molecule has 2 saturated heterocycles. The Labute approximate surface area is 113 Å². The summed E-state index contributed by atoms with van der Waals surface area (Å²) in [5, 5.41) is 2.89. The average molecular weight is 269 g/mol. The zero-order valence-electron chi connectivity index (χ0n) is 11.6. The van der Waals surface area contributed by atoms with E-state index >= 15 is 0 Å². The molecule has 2 rings (SSSR count). The molecule has 6 nitrogen and oxygen atoms in total. The molecule has 0 aromatic rings. The van der Waals surface area contributed by atoms with Crippen LogP contribution in [0.5, 0.6) is 0 Å². The third kappa shape index (κ3) is 2.90. The van der Waals surface area contributed by atoms with E-state index in [0.29, 0.717) is 19.8 Å². The Morgan fingerprint density at radius 1 is 1.47 bits per heavy atom. The number of carbonyl (C=O) groups excluding carboxylic acids is 2. The first-order valence-corrected chi connectivity index (χ1v) is 6.83. The number of ether oxygens (including phenoxy) is 1. The van der Waals surface area contributed by atoms with Crippen molar-refractivity contribution in [1.29, 1.82) is 0 Å². The molecular formula is C13H23N3O3. The highest BCUT2D eigenvalue weighted by molar-refractivity contribution is 5.84. The van der Waals surface area contributed by atoms with Gasteiger partial charge in [0.2, 0.25) is 11.8 Å². The van der Waals surface area contributed by atoms with Crippen LogP contribution in [0, 0.1) is 5.41 Å². The molecular weight excluding hydrogens is 246 g/mol. The number of likely N-dealkylation sites (tertiary alicyclic amines) is 1. The minimum absolute atomic E-state index is 0.0487. The van der Waals surface area contributed by atoms with Crippen LogP contribution in [-0.4, -0.2) is 55.1 Å². The van der Waals surface area contributed by atoms with Crippen LogP contribution in [0.15, 0.2) is 0 Å². The van der Waals surface area contributed by atoms with Gasteiger partial charge in [0.25, 0.3) is 0 Å². The molecule has 0 saturated carbocycles. The number of nitrogens with zero attached hydrogens (tertiary/aromatic N) is 1. The third-order valence-corrected chi connectivity index (χ3v) is 4.12. The van der Waals surface area contributed by atoms with Gasteiger partial charge in [-0.15, -0.1) is 0 Å². The van der Waals surface area contributed by atoms with E-state index in [2.05, 4.69) is 5.32 Å². The second kappa shape index (κ2) is 5.46. The molecule has 0 aromatic carbocycles. The summed E-state index contributed by atoms with van der Waals surface area (Å²) in [6, 6.07) is -0.196. The van der Waals surface area contributed by atoms with Gasteiger partial charge in [0.05, 0.1) is 18.6 Å². The van der Waals surface area contributed by atoms with E-state index in [1.807, 2.05) is 11.8 Å². The van der Waals surface area contributed by atoms with Crippen LogP contribution < -0.4 is 11.1 Å². The molecule has 0 radical (unpaired) electrons. The smallest absolute Gasteiger partial charge is 0.232 e. The van der Waals surface area contributed by atoms with E-state index < -0.39 is 5.41 Å². The van der Waals surface area contributed by atoms with Gasteiger partial charge in [0.1, 0.15) is 0 Å². The zero-order chi connectivity index (χ0) is 14.0. The molecule has 0 aromatic heterocycles. The molecule has 3 unspecified atom stereocenters. The summed E-state index contributed by atoms with van der Waals surface area (Å²) in [7, 11) is 0. The van der Waals surface area contributed by atoms with Crippen molar-refractivity contribution in [3.63, 3.8) is 0 Å². The summed E-state index contributed by atoms with van der Waals surface area (Å²) in [5.41, 5.74) is 5.37. The number of piperidine rings is 1. The Balaban J connectivity index is 2.01. The summed E-state index contributed by atoms with van der Waals surface area (Å²) in [4.78, 5) is 25.5. The molecule has 108 valence electrons. The van der Waals surface area contributed by atoms with E-state index in [9.17, 15) is 9.59 Å². The van der Waals surface area contributed by atoms with Gasteiger partial charge < -0.3 is 20.7 Å². The Morgan fingerprint density at radius 3 is 2.79 bits per heavy atom. The second-order valence-corrected chi connectivity index (χ2v) is 5.83. The predicted octanol–water partition coefficient (Wildman–Crippen LogP) is -0.523. The molecule has 0 aliphatic carbocycles. The normalized spacial score (nSPS) is 35.2. The van der Waals surface area contributed by atoms with Crippen molar-refractivity contribution in [3.05, 3.63) is 0 Å². The Hall–Kier alpha value is -1.14. The number of hydrogen-bond donors (Lipinski definition) is 2. The SMILES string of the molecule is CC(=O)NC1CCCN(C(=O)C2(C)COCC2N)C1. The summed E-state index contributed by atoms with van der Waals surface area (Å²) < 4.78 is 5.33. The quantitative estimate of drug-likeness (QED) is 0.706. The number of nitrogens with one attached hydrogen (secondary N) is 1. The zero-order valence-corrected chi connectivity index (χ0v) is 11.6. The lowest BCUT2D eigenvalue weighted by atomic mass is 9.83. The number of nitrogens with two attached hydrogens (primary N) is 1. The monoisotopic (exact) mass is 269 g/mol. The van der Waals surface area contributed by atoms with Crippen molar-refractivity contribution in [2.75, 3.05) is 26.3 Å². The minimum atomic E-state index is -0.627. The first-order valence-electron chi connectivity index (χ1n) is 6.83. The van der Waals surface area contributed by atoms with Gasteiger partial charge >= 0.3 is 0 Å². The maximum Gasteiger partial charge on any atom is 0.232 e. The molecule has 6 heteroatoms. The van der Waals surface area contributed by atoms with Crippen LogP contribution in [0.25, 0.3) is 0 Å². The number of carbonyl (C=O) groups is 2. The Bertz CT molecular complexity index is 374. The minimum Gasteiger partial charge on any atom is -0.379 e. The average Bonchev–Trinajstić information content (AvgIpc) is 2.69. The molecule has 3 atom stereocenters. The lowest BCUT2D eigenvalue weighted by Gasteiger charge is -2.38. The van der Waals surface area contributed by atoms with Crippen molar-refractivity contribution < 1.29 is 14.3 Å². The molecule has 2 amide bonds. The molecule has 2 aliphatic rings. The highest BCUT2D eigenvalue weighted by Crippen LogP contribution is 2.30. The summed E-state index contributed by atoms with van der Waals surface area (Å²) in [6.45, 7) is 5.50. The molecule has 2 heterocycles. The third-order valence-electron chi connectivity index (χ3n) is 4.12. The highest BCUT2D eigenvalue weighted by Gasteiger charge is 2.47. The molecule has 0 bridgehead atoms. The fourth-order valence-corrected chi connectivity index (χ4v) is 2.84. The van der Waals surface area contributed by atoms with Gasteiger partial charge in [-0.3, -0.25) is 9.59 Å². The van der Waals surface area contributed by atoms with Gasteiger partial charge in [-0.1, -0.05) is 0 Å². The van der Waals surface area contributed by atoms with Crippen LogP contribution in [0.1, 0.15) is 26.7 Å². The van der Waals surface area contributed by atoms with Crippen molar-refractivity contribution >= 4 is 11.8 Å². The van der Waals surface area contributed by atoms with E-state index in [1.54, 1.807) is 0 Å². The maximum absolute atomic E-state index is 12.6. The van der Waals surface area contributed by atoms with Gasteiger partial charge in [-0.25, -0.2) is 0 Å². The topological polar surface area (TPSA) is 84.7 Å². The second-order valence-electron chi connectivity index (χ2n) is 5.83. The van der Waals surface area contributed by atoms with Crippen LogP contribution in [0.3, 0.4) is 0 Å². The maximum atomic E-state index is 12.6. The molecule has 2 fully saturated rings. The Kier molecular flexibility index (Phi) is 4.10. The van der Waals surface area contributed by atoms with E-state index in [1.165, 1.54) is 6.92 Å². The fourth-order valence-electron chi connectivity index (χ4n) is 2.84. The standard InChI is InChI=1S/C13H23N3O3/c1-9(17)15-10-4-3-5-16(6-10)12(18)13(2)8-19-7-11(13)14/h10-11H,3-8,14H2,1-2H3,(H,15,17). The van der Waals surface area contributed by atoms with Crippen LogP contribution >= 0.6 is 0 Å². The van der Waals surface area contributed by atoms with Crippen LogP contribution in [0.2, 0.25) is 0 Å².